The number of hydrogen-bond acceptors (Lipinski definition) is 3. The lowest BCUT2D eigenvalue weighted by molar-refractivity contribution is 0.0950. The molecule has 3 aromatic rings. The molecular weight excluding hydrogens is 321 g/mol. The van der Waals surface area contributed by atoms with Crippen LogP contribution in [0, 0.1) is 12.7 Å². The Labute approximate surface area is 144 Å². The fraction of sp³-hybridized carbons (Fsp3) is 0.158. The van der Waals surface area contributed by atoms with Crippen LogP contribution in [0.25, 0.3) is 5.69 Å². The summed E-state index contributed by atoms with van der Waals surface area (Å²) in [6.07, 6.45) is 1.68. The van der Waals surface area contributed by atoms with Gasteiger partial charge in [0.05, 0.1) is 23.6 Å². The van der Waals surface area contributed by atoms with Gasteiger partial charge in [0.2, 0.25) is 0 Å². The third-order valence-corrected chi connectivity index (χ3v) is 3.90. The lowest BCUT2D eigenvalue weighted by Gasteiger charge is -2.07. The quantitative estimate of drug-likeness (QED) is 0.751. The number of aromatic nitrogens is 2. The third kappa shape index (κ3) is 3.75. The van der Waals surface area contributed by atoms with E-state index in [1.54, 1.807) is 23.9 Å². The Hall–Kier alpha value is -2.99. The topological polar surface area (TPSA) is 67.2 Å². The highest BCUT2D eigenvalue weighted by Crippen LogP contribution is 2.13. The van der Waals surface area contributed by atoms with E-state index in [0.29, 0.717) is 16.8 Å². The van der Waals surface area contributed by atoms with Gasteiger partial charge in [0.25, 0.3) is 5.91 Å². The van der Waals surface area contributed by atoms with E-state index >= 15 is 0 Å². The molecule has 0 saturated heterocycles. The predicted molar refractivity (Wildman–Crippen MR) is 91.8 cm³/mol. The van der Waals surface area contributed by atoms with E-state index in [-0.39, 0.29) is 24.6 Å². The molecule has 0 spiro atoms. The number of halogens is 1. The number of carbonyl (C=O) groups is 1. The Kier molecular flexibility index (Phi) is 4.90. The number of rotatable bonds is 5. The molecule has 1 amide bonds. The summed E-state index contributed by atoms with van der Waals surface area (Å²) in [5, 5.41) is 16.3. The highest BCUT2D eigenvalue weighted by molar-refractivity contribution is 5.95. The largest absolute Gasteiger partial charge is 0.392 e. The molecule has 0 bridgehead atoms. The van der Waals surface area contributed by atoms with Gasteiger partial charge in [-0.25, -0.2) is 9.07 Å². The van der Waals surface area contributed by atoms with Gasteiger partial charge in [-0.2, -0.15) is 5.10 Å². The van der Waals surface area contributed by atoms with E-state index in [0.717, 1.165) is 5.69 Å². The van der Waals surface area contributed by atoms with Crippen molar-refractivity contribution in [2.24, 2.45) is 0 Å². The first-order chi connectivity index (χ1) is 12.1. The number of hydrogen-bond donors (Lipinski definition) is 2. The molecule has 25 heavy (non-hydrogen) atoms. The second-order valence-corrected chi connectivity index (χ2v) is 5.67. The van der Waals surface area contributed by atoms with Crippen LogP contribution in [0.2, 0.25) is 0 Å². The minimum Gasteiger partial charge on any atom is -0.392 e. The molecular formula is C19H18FN3O2. The summed E-state index contributed by atoms with van der Waals surface area (Å²) in [5.41, 5.74) is 2.90. The number of amides is 1. The van der Waals surface area contributed by atoms with E-state index < -0.39 is 5.82 Å². The smallest absolute Gasteiger partial charge is 0.255 e. The molecule has 6 heteroatoms. The fourth-order valence-electron chi connectivity index (χ4n) is 2.53. The average molecular weight is 339 g/mol. The summed E-state index contributed by atoms with van der Waals surface area (Å²) in [7, 11) is 0. The van der Waals surface area contributed by atoms with Gasteiger partial charge in [0.15, 0.2) is 0 Å². The van der Waals surface area contributed by atoms with Crippen molar-refractivity contribution in [1.82, 2.24) is 15.1 Å². The number of aliphatic hydroxyl groups is 1. The number of nitrogens with one attached hydrogen (secondary N) is 1. The van der Waals surface area contributed by atoms with Crippen molar-refractivity contribution in [3.05, 3.63) is 82.9 Å². The second kappa shape index (κ2) is 7.27. The number of para-hydroxylation sites is 1. The van der Waals surface area contributed by atoms with Crippen molar-refractivity contribution in [3.63, 3.8) is 0 Å². The van der Waals surface area contributed by atoms with E-state index in [2.05, 4.69) is 10.4 Å². The maximum atomic E-state index is 13.4. The Balaban J connectivity index is 1.73. The Morgan fingerprint density at radius 2 is 2.00 bits per heavy atom. The van der Waals surface area contributed by atoms with Crippen molar-refractivity contribution >= 4 is 5.91 Å². The minimum atomic E-state index is -0.461. The lowest BCUT2D eigenvalue weighted by Crippen LogP contribution is -2.23. The lowest BCUT2D eigenvalue weighted by atomic mass is 10.1. The number of aryl methyl sites for hydroxylation is 1. The number of benzene rings is 2. The van der Waals surface area contributed by atoms with E-state index in [4.69, 9.17) is 5.11 Å². The van der Waals surface area contributed by atoms with Gasteiger partial charge in [-0.05, 0) is 36.8 Å². The molecule has 2 N–H and O–H groups in total. The molecule has 0 fully saturated rings. The Morgan fingerprint density at radius 3 is 2.72 bits per heavy atom. The second-order valence-electron chi connectivity index (χ2n) is 5.67. The highest BCUT2D eigenvalue weighted by atomic mass is 19.1. The first kappa shape index (κ1) is 16.9. The van der Waals surface area contributed by atoms with Gasteiger partial charge in [0.1, 0.15) is 5.82 Å². The van der Waals surface area contributed by atoms with Gasteiger partial charge < -0.3 is 10.4 Å². The first-order valence-electron chi connectivity index (χ1n) is 7.86. The number of nitrogens with zero attached hydrogens (tertiary/aromatic N) is 2. The summed E-state index contributed by atoms with van der Waals surface area (Å²) in [6, 6.07) is 13.9. The molecule has 0 saturated carbocycles. The maximum Gasteiger partial charge on any atom is 0.255 e. The van der Waals surface area contributed by atoms with Crippen molar-refractivity contribution in [2.75, 3.05) is 0 Å². The minimum absolute atomic E-state index is 0.208. The van der Waals surface area contributed by atoms with Gasteiger partial charge in [-0.3, -0.25) is 4.79 Å². The number of carbonyl (C=O) groups excluding carboxylic acids is 1. The molecule has 0 atom stereocenters. The first-order valence-corrected chi connectivity index (χ1v) is 7.86. The van der Waals surface area contributed by atoms with E-state index in [9.17, 15) is 9.18 Å². The zero-order valence-electron chi connectivity index (χ0n) is 13.7. The van der Waals surface area contributed by atoms with Gasteiger partial charge in [0, 0.05) is 18.3 Å². The van der Waals surface area contributed by atoms with Crippen LogP contribution in [0.15, 0.2) is 54.7 Å². The van der Waals surface area contributed by atoms with Gasteiger partial charge in [-0.1, -0.05) is 24.3 Å². The van der Waals surface area contributed by atoms with Crippen molar-refractivity contribution < 1.29 is 14.3 Å². The third-order valence-electron chi connectivity index (χ3n) is 3.90. The van der Waals surface area contributed by atoms with Crippen LogP contribution in [-0.2, 0) is 13.2 Å². The molecule has 0 aliphatic heterocycles. The van der Waals surface area contributed by atoms with Crippen LogP contribution in [0.4, 0.5) is 4.39 Å². The van der Waals surface area contributed by atoms with Crippen LogP contribution >= 0.6 is 0 Å². The molecule has 1 heterocycles. The summed E-state index contributed by atoms with van der Waals surface area (Å²) in [5.74, 6) is -0.716. The van der Waals surface area contributed by atoms with Crippen LogP contribution in [0.3, 0.4) is 0 Å². The fourth-order valence-corrected chi connectivity index (χ4v) is 2.53. The zero-order valence-corrected chi connectivity index (χ0v) is 13.7. The molecule has 0 unspecified atom stereocenters. The number of aliphatic hydroxyl groups excluding tert-OH is 1. The SMILES string of the molecule is Cc1nn(-c2ccccc2)cc1C(=O)NCc1ccc(F)c(CO)c1. The molecule has 0 aliphatic rings. The molecule has 128 valence electrons. The van der Waals surface area contributed by atoms with Crippen LogP contribution in [0.5, 0.6) is 0 Å². The van der Waals surface area contributed by atoms with Gasteiger partial charge in [-0.15, -0.1) is 0 Å². The molecule has 0 aliphatic carbocycles. The Bertz CT molecular complexity index is 891. The normalized spacial score (nSPS) is 10.7. The molecule has 3 rings (SSSR count). The van der Waals surface area contributed by atoms with Crippen molar-refractivity contribution in [2.45, 2.75) is 20.1 Å². The van der Waals surface area contributed by atoms with E-state index in [1.807, 2.05) is 30.3 Å². The average Bonchev–Trinajstić information content (AvgIpc) is 3.03. The molecule has 5 nitrogen and oxygen atoms in total. The zero-order chi connectivity index (χ0) is 17.8. The molecule has 0 radical (unpaired) electrons. The van der Waals surface area contributed by atoms with Crippen molar-refractivity contribution in [3.8, 4) is 5.69 Å². The summed E-state index contributed by atoms with van der Waals surface area (Å²) < 4.78 is 15.1. The van der Waals surface area contributed by atoms with Crippen LogP contribution < -0.4 is 5.32 Å². The predicted octanol–water partition coefficient (Wildman–Crippen LogP) is 2.74. The van der Waals surface area contributed by atoms with Crippen LogP contribution in [-0.4, -0.2) is 20.8 Å². The van der Waals surface area contributed by atoms with Crippen LogP contribution in [0.1, 0.15) is 27.2 Å². The summed E-state index contributed by atoms with van der Waals surface area (Å²) in [6.45, 7) is 1.63. The van der Waals surface area contributed by atoms with Crippen molar-refractivity contribution in [1.29, 1.82) is 0 Å². The monoisotopic (exact) mass is 339 g/mol. The maximum absolute atomic E-state index is 13.4. The highest BCUT2D eigenvalue weighted by Gasteiger charge is 2.14. The standard InChI is InChI=1S/C19H18FN3O2/c1-13-17(11-23(22-13)16-5-3-2-4-6-16)19(25)21-10-14-7-8-18(20)15(9-14)12-24/h2-9,11,24H,10,12H2,1H3,(H,21,25). The Morgan fingerprint density at radius 1 is 1.24 bits per heavy atom. The molecule has 1 aromatic heterocycles. The summed E-state index contributed by atoms with van der Waals surface area (Å²) >= 11 is 0. The van der Waals surface area contributed by atoms with E-state index in [1.165, 1.54) is 12.1 Å². The molecule has 2 aromatic carbocycles. The van der Waals surface area contributed by atoms with Gasteiger partial charge >= 0.3 is 0 Å². The summed E-state index contributed by atoms with van der Waals surface area (Å²) in [4.78, 5) is 12.4.